The van der Waals surface area contributed by atoms with E-state index in [1.54, 1.807) is 11.3 Å². The molecule has 0 aliphatic carbocycles. The summed E-state index contributed by atoms with van der Waals surface area (Å²) in [5, 5.41) is 7.22. The summed E-state index contributed by atoms with van der Waals surface area (Å²) in [6.07, 6.45) is 5.90. The third-order valence-electron chi connectivity index (χ3n) is 2.61. The second-order valence-electron chi connectivity index (χ2n) is 3.96. The largest absolute Gasteiger partial charge is 0.370 e. The Morgan fingerprint density at radius 3 is 2.67 bits per heavy atom. The van der Waals surface area contributed by atoms with Gasteiger partial charge >= 0.3 is 0 Å². The standard InChI is InChI=1S/C13H18N4S/c1-3-15-12-7-5-10(8-16-12)4-6-11-9-17-13(14-2)18-11/h5,7-9H,3-4,6H2,1-2H3,(H,14,17)(H,15,16). The lowest BCUT2D eigenvalue weighted by molar-refractivity contribution is 0.963. The summed E-state index contributed by atoms with van der Waals surface area (Å²) in [5.74, 6) is 0.941. The van der Waals surface area contributed by atoms with E-state index in [9.17, 15) is 0 Å². The number of hydrogen-bond acceptors (Lipinski definition) is 5. The van der Waals surface area contributed by atoms with Crippen molar-refractivity contribution in [2.24, 2.45) is 0 Å². The molecule has 0 saturated carbocycles. The van der Waals surface area contributed by atoms with Crippen LogP contribution in [0.15, 0.2) is 24.5 Å². The Morgan fingerprint density at radius 2 is 2.06 bits per heavy atom. The van der Waals surface area contributed by atoms with Crippen LogP contribution in [0.1, 0.15) is 17.4 Å². The second-order valence-corrected chi connectivity index (χ2v) is 5.08. The summed E-state index contributed by atoms with van der Waals surface area (Å²) in [6.45, 7) is 2.97. The second kappa shape index (κ2) is 6.35. The average Bonchev–Trinajstić information content (AvgIpc) is 2.86. The van der Waals surface area contributed by atoms with Crippen LogP contribution in [0.3, 0.4) is 0 Å². The molecule has 96 valence electrons. The molecule has 2 rings (SSSR count). The van der Waals surface area contributed by atoms with Crippen LogP contribution in [0.2, 0.25) is 0 Å². The molecular formula is C13H18N4S. The third-order valence-corrected chi connectivity index (χ3v) is 3.68. The molecule has 0 bridgehead atoms. The molecule has 5 heteroatoms. The monoisotopic (exact) mass is 262 g/mol. The number of anilines is 2. The van der Waals surface area contributed by atoms with Crippen molar-refractivity contribution in [1.82, 2.24) is 9.97 Å². The molecule has 0 aromatic carbocycles. The first-order chi connectivity index (χ1) is 8.81. The van der Waals surface area contributed by atoms with Gasteiger partial charge in [-0.25, -0.2) is 9.97 Å². The topological polar surface area (TPSA) is 49.8 Å². The van der Waals surface area contributed by atoms with Gasteiger partial charge in [0, 0.05) is 30.9 Å². The van der Waals surface area contributed by atoms with Gasteiger partial charge in [-0.15, -0.1) is 11.3 Å². The Balaban J connectivity index is 1.89. The lowest BCUT2D eigenvalue weighted by Crippen LogP contribution is -1.99. The van der Waals surface area contributed by atoms with Gasteiger partial charge in [0.15, 0.2) is 5.13 Å². The Morgan fingerprint density at radius 1 is 1.17 bits per heavy atom. The van der Waals surface area contributed by atoms with Crippen LogP contribution < -0.4 is 10.6 Å². The fraction of sp³-hybridized carbons (Fsp3) is 0.385. The molecule has 0 spiro atoms. The number of thiazole rings is 1. The minimum atomic E-state index is 0.903. The summed E-state index contributed by atoms with van der Waals surface area (Å²) in [4.78, 5) is 9.93. The molecule has 0 radical (unpaired) electrons. The molecule has 4 nitrogen and oxygen atoms in total. The third kappa shape index (κ3) is 3.43. The number of pyridine rings is 1. The van der Waals surface area contributed by atoms with Gasteiger partial charge in [0.05, 0.1) is 0 Å². The van der Waals surface area contributed by atoms with Crippen LogP contribution in [0.25, 0.3) is 0 Å². The zero-order chi connectivity index (χ0) is 12.8. The highest BCUT2D eigenvalue weighted by atomic mass is 32.1. The Kier molecular flexibility index (Phi) is 4.52. The van der Waals surface area contributed by atoms with E-state index in [0.29, 0.717) is 0 Å². The molecule has 2 aromatic rings. The van der Waals surface area contributed by atoms with Gasteiger partial charge in [0.1, 0.15) is 5.82 Å². The van der Waals surface area contributed by atoms with E-state index in [1.807, 2.05) is 25.5 Å². The molecule has 2 N–H and O–H groups in total. The van der Waals surface area contributed by atoms with Crippen molar-refractivity contribution in [3.05, 3.63) is 35.0 Å². The van der Waals surface area contributed by atoms with Crippen molar-refractivity contribution in [2.75, 3.05) is 24.2 Å². The first kappa shape index (κ1) is 12.8. The number of rotatable bonds is 6. The predicted octanol–water partition coefficient (Wildman–Crippen LogP) is 2.80. The highest BCUT2D eigenvalue weighted by molar-refractivity contribution is 7.15. The number of hydrogen-bond donors (Lipinski definition) is 2. The van der Waals surface area contributed by atoms with E-state index in [2.05, 4.69) is 33.6 Å². The normalized spacial score (nSPS) is 10.3. The summed E-state index contributed by atoms with van der Waals surface area (Å²) >= 11 is 1.71. The fourth-order valence-corrected chi connectivity index (χ4v) is 2.43. The lowest BCUT2D eigenvalue weighted by Gasteiger charge is -2.03. The summed E-state index contributed by atoms with van der Waals surface area (Å²) < 4.78 is 0. The van der Waals surface area contributed by atoms with E-state index in [-0.39, 0.29) is 0 Å². The van der Waals surface area contributed by atoms with Gasteiger partial charge in [-0.1, -0.05) is 6.07 Å². The van der Waals surface area contributed by atoms with Gasteiger partial charge in [0.25, 0.3) is 0 Å². The molecule has 0 amide bonds. The Hall–Kier alpha value is -1.62. The van der Waals surface area contributed by atoms with Crippen LogP contribution >= 0.6 is 11.3 Å². The minimum Gasteiger partial charge on any atom is -0.370 e. The number of nitrogens with one attached hydrogen (secondary N) is 2. The van der Waals surface area contributed by atoms with Crippen LogP contribution in [0.4, 0.5) is 10.9 Å². The molecule has 2 aromatic heterocycles. The van der Waals surface area contributed by atoms with Crippen molar-refractivity contribution in [2.45, 2.75) is 19.8 Å². The SMILES string of the molecule is CCNc1ccc(CCc2cnc(NC)s2)cn1. The van der Waals surface area contributed by atoms with Crippen LogP contribution in [0, 0.1) is 0 Å². The van der Waals surface area contributed by atoms with Gasteiger partial charge < -0.3 is 10.6 Å². The maximum Gasteiger partial charge on any atom is 0.182 e. The van der Waals surface area contributed by atoms with Crippen LogP contribution in [-0.4, -0.2) is 23.6 Å². The highest BCUT2D eigenvalue weighted by Crippen LogP contribution is 2.19. The molecule has 0 aliphatic heterocycles. The van der Waals surface area contributed by atoms with Crippen LogP contribution in [0.5, 0.6) is 0 Å². The van der Waals surface area contributed by atoms with Gasteiger partial charge in [-0.05, 0) is 31.4 Å². The van der Waals surface area contributed by atoms with E-state index in [4.69, 9.17) is 0 Å². The maximum absolute atomic E-state index is 4.37. The Bertz CT molecular complexity index is 478. The molecule has 0 aliphatic rings. The Labute approximate surface area is 111 Å². The number of aryl methyl sites for hydroxylation is 2. The zero-order valence-corrected chi connectivity index (χ0v) is 11.5. The first-order valence-electron chi connectivity index (χ1n) is 6.13. The van der Waals surface area contributed by atoms with E-state index < -0.39 is 0 Å². The van der Waals surface area contributed by atoms with E-state index >= 15 is 0 Å². The smallest absolute Gasteiger partial charge is 0.182 e. The van der Waals surface area contributed by atoms with Crippen molar-refractivity contribution in [3.8, 4) is 0 Å². The van der Waals surface area contributed by atoms with Crippen molar-refractivity contribution in [1.29, 1.82) is 0 Å². The van der Waals surface area contributed by atoms with Gasteiger partial charge in [-0.3, -0.25) is 0 Å². The fourth-order valence-electron chi connectivity index (χ4n) is 1.66. The molecule has 18 heavy (non-hydrogen) atoms. The summed E-state index contributed by atoms with van der Waals surface area (Å²) in [5.41, 5.74) is 1.26. The number of aromatic nitrogens is 2. The summed E-state index contributed by atoms with van der Waals surface area (Å²) in [7, 11) is 1.89. The van der Waals surface area contributed by atoms with Crippen LogP contribution in [-0.2, 0) is 12.8 Å². The van der Waals surface area contributed by atoms with E-state index in [1.165, 1.54) is 10.4 Å². The summed E-state index contributed by atoms with van der Waals surface area (Å²) in [6, 6.07) is 4.16. The van der Waals surface area contributed by atoms with Gasteiger partial charge in [-0.2, -0.15) is 0 Å². The molecular weight excluding hydrogens is 244 g/mol. The highest BCUT2D eigenvalue weighted by Gasteiger charge is 2.01. The lowest BCUT2D eigenvalue weighted by atomic mass is 10.1. The molecule has 0 atom stereocenters. The van der Waals surface area contributed by atoms with Crippen molar-refractivity contribution in [3.63, 3.8) is 0 Å². The zero-order valence-electron chi connectivity index (χ0n) is 10.7. The number of nitrogens with zero attached hydrogens (tertiary/aromatic N) is 2. The van der Waals surface area contributed by atoms with Crippen molar-refractivity contribution < 1.29 is 0 Å². The quantitative estimate of drug-likeness (QED) is 0.840. The average molecular weight is 262 g/mol. The maximum atomic E-state index is 4.37. The van der Waals surface area contributed by atoms with Gasteiger partial charge in [0.2, 0.25) is 0 Å². The molecule has 0 saturated heterocycles. The molecule has 0 unspecified atom stereocenters. The first-order valence-corrected chi connectivity index (χ1v) is 6.94. The van der Waals surface area contributed by atoms with Crippen molar-refractivity contribution >= 4 is 22.3 Å². The predicted molar refractivity (Wildman–Crippen MR) is 77.5 cm³/mol. The minimum absolute atomic E-state index is 0.903. The molecule has 0 fully saturated rings. The van der Waals surface area contributed by atoms with E-state index in [0.717, 1.165) is 30.3 Å². The molecule has 2 heterocycles.